The van der Waals surface area contributed by atoms with E-state index in [1.165, 1.54) is 11.2 Å². The summed E-state index contributed by atoms with van der Waals surface area (Å²) in [4.78, 5) is 52.7. The number of carbonyl (C=O) groups is 4. The van der Waals surface area contributed by atoms with Gasteiger partial charge in [0, 0.05) is 25.7 Å². The topological polar surface area (TPSA) is 176 Å². The number of carboxylic acid groups (broad SMARTS) is 1. The highest BCUT2D eigenvalue weighted by atomic mass is 35.5. The predicted molar refractivity (Wildman–Crippen MR) is 135 cm³/mol. The molecule has 1 saturated heterocycles. The summed E-state index contributed by atoms with van der Waals surface area (Å²) in [5.74, 6) is 2.86. The lowest BCUT2D eigenvalue weighted by atomic mass is 10.1. The number of halogens is 1. The molecule has 37 heavy (non-hydrogen) atoms. The van der Waals surface area contributed by atoms with Crippen molar-refractivity contribution in [3.8, 4) is 0 Å². The van der Waals surface area contributed by atoms with Crippen molar-refractivity contribution in [1.82, 2.24) is 20.4 Å². The van der Waals surface area contributed by atoms with Gasteiger partial charge in [0.2, 0.25) is 11.8 Å². The van der Waals surface area contributed by atoms with Gasteiger partial charge >= 0.3 is 12.1 Å². The van der Waals surface area contributed by atoms with Gasteiger partial charge in [0.15, 0.2) is 0 Å². The maximum Gasteiger partial charge on any atom is 0.408 e. The Morgan fingerprint density at radius 1 is 1.27 bits per heavy atom. The lowest BCUT2D eigenvalue weighted by Gasteiger charge is -2.31. The van der Waals surface area contributed by atoms with E-state index < -0.39 is 36.5 Å². The summed E-state index contributed by atoms with van der Waals surface area (Å²) in [6.45, 7) is 1.17. The van der Waals surface area contributed by atoms with E-state index in [1.807, 2.05) is 11.0 Å². The number of rotatable bonds is 12. The van der Waals surface area contributed by atoms with Crippen LogP contribution in [0.2, 0.25) is 0 Å². The molecular formula is C23H33ClN6O7. The number of amides is 3. The van der Waals surface area contributed by atoms with Gasteiger partial charge in [0.05, 0.1) is 19.1 Å². The minimum atomic E-state index is -1.29. The predicted octanol–water partition coefficient (Wildman–Crippen LogP) is -0.112. The summed E-state index contributed by atoms with van der Waals surface area (Å²) < 4.78 is 10.8. The molecule has 0 aromatic heterocycles. The Bertz CT molecular complexity index is 947. The summed E-state index contributed by atoms with van der Waals surface area (Å²) in [7, 11) is 0. The fourth-order valence-electron chi connectivity index (χ4n) is 3.78. The largest absolute Gasteiger partial charge is 0.480 e. The highest BCUT2D eigenvalue weighted by Crippen LogP contribution is 2.27. The quantitative estimate of drug-likeness (QED) is 0.122. The average molecular weight is 541 g/mol. The van der Waals surface area contributed by atoms with Gasteiger partial charge in [-0.05, 0) is 18.4 Å². The molecule has 5 N–H and O–H groups in total. The minimum Gasteiger partial charge on any atom is -0.480 e. The molecule has 1 aliphatic carbocycles. The van der Waals surface area contributed by atoms with E-state index in [1.54, 1.807) is 24.3 Å². The lowest BCUT2D eigenvalue weighted by Crippen LogP contribution is -2.53. The number of nitrogens with one attached hydrogen (secondary N) is 2. The molecule has 0 bridgehead atoms. The maximum atomic E-state index is 13.2. The Morgan fingerprint density at radius 2 is 2.00 bits per heavy atom. The number of nitrogens with two attached hydrogens (primary N) is 1. The molecule has 1 heterocycles. The van der Waals surface area contributed by atoms with E-state index in [2.05, 4.69) is 15.7 Å². The fourth-order valence-corrected chi connectivity index (χ4v) is 3.78. The summed E-state index contributed by atoms with van der Waals surface area (Å²) >= 11 is 0. The van der Waals surface area contributed by atoms with Crippen LogP contribution < -0.4 is 16.5 Å². The molecule has 1 saturated carbocycles. The molecule has 1 aliphatic heterocycles. The second kappa shape index (κ2) is 14.9. The number of hydrogen-bond acceptors (Lipinski definition) is 8. The van der Waals surface area contributed by atoms with E-state index in [-0.39, 0.29) is 44.1 Å². The zero-order valence-corrected chi connectivity index (χ0v) is 21.1. The van der Waals surface area contributed by atoms with Crippen molar-refractivity contribution < 1.29 is 33.8 Å². The zero-order chi connectivity index (χ0) is 25.9. The summed E-state index contributed by atoms with van der Waals surface area (Å²) in [6, 6.07) is 7.45. The third-order valence-corrected chi connectivity index (χ3v) is 5.70. The number of carboxylic acids is 1. The Labute approximate surface area is 220 Å². The van der Waals surface area contributed by atoms with Crippen LogP contribution >= 0.6 is 12.4 Å². The molecule has 13 nitrogen and oxygen atoms in total. The molecule has 2 fully saturated rings. The van der Waals surface area contributed by atoms with Crippen molar-refractivity contribution in [2.75, 3.05) is 32.8 Å². The smallest absolute Gasteiger partial charge is 0.408 e. The Kier molecular flexibility index (Phi) is 11.9. The zero-order valence-electron chi connectivity index (χ0n) is 20.3. The van der Waals surface area contributed by atoms with Crippen LogP contribution in [0, 0.1) is 0 Å². The van der Waals surface area contributed by atoms with E-state index in [9.17, 15) is 24.3 Å². The van der Waals surface area contributed by atoms with Gasteiger partial charge in [-0.25, -0.2) is 4.79 Å². The van der Waals surface area contributed by atoms with Crippen molar-refractivity contribution in [3.05, 3.63) is 35.9 Å². The van der Waals surface area contributed by atoms with Gasteiger partial charge in [0.1, 0.15) is 25.5 Å². The van der Waals surface area contributed by atoms with E-state index >= 15 is 0 Å². The minimum absolute atomic E-state index is 0. The molecular weight excluding hydrogens is 508 g/mol. The van der Waals surface area contributed by atoms with E-state index in [0.29, 0.717) is 32.5 Å². The van der Waals surface area contributed by atoms with Crippen LogP contribution in [0.25, 0.3) is 0 Å². The number of aliphatic carboxylic acids is 1. The Morgan fingerprint density at radius 3 is 2.65 bits per heavy atom. The van der Waals surface area contributed by atoms with Crippen LogP contribution in [-0.4, -0.2) is 96.1 Å². The van der Waals surface area contributed by atoms with Crippen molar-refractivity contribution in [1.29, 1.82) is 0 Å². The van der Waals surface area contributed by atoms with Crippen molar-refractivity contribution in [2.24, 2.45) is 10.9 Å². The van der Waals surface area contributed by atoms with Gasteiger partial charge < -0.3 is 40.9 Å². The molecule has 1 unspecified atom stereocenters. The summed E-state index contributed by atoms with van der Waals surface area (Å²) in [6.07, 6.45) is 1.24. The first-order chi connectivity index (χ1) is 17.4. The van der Waals surface area contributed by atoms with Crippen molar-refractivity contribution in [3.63, 3.8) is 0 Å². The number of ether oxygens (including phenoxy) is 2. The Hall–Kier alpha value is -3.58. The molecule has 2 atom stereocenters. The number of benzene rings is 1. The maximum absolute atomic E-state index is 13.2. The van der Waals surface area contributed by atoms with Crippen molar-refractivity contribution in [2.45, 2.75) is 44.1 Å². The van der Waals surface area contributed by atoms with Gasteiger partial charge in [-0.15, -0.1) is 12.4 Å². The lowest BCUT2D eigenvalue weighted by molar-refractivity contribution is -0.146. The van der Waals surface area contributed by atoms with Crippen LogP contribution in [0.3, 0.4) is 0 Å². The number of alkyl carbamates (subject to hydrolysis) is 1. The number of hydrazone groups is 1. The standard InChI is InChI=1S/C23H32N6O7.ClH/c24-26-15-28-8-9-35-18(12-28)11-25-20(30)10-19(22(33)29(13-21(31)32)17-6-7-17)27-23(34)36-14-16-4-2-1-3-5-16;/h1-5,15,17-19H,6-14,24H2,(H,25,30)(H,27,34)(H,31,32);1H/t18-,19?;/m0./s1. The van der Waals surface area contributed by atoms with E-state index in [4.69, 9.17) is 15.3 Å². The average Bonchev–Trinajstić information content (AvgIpc) is 3.70. The van der Waals surface area contributed by atoms with Crippen LogP contribution in [0.4, 0.5) is 4.79 Å². The first-order valence-corrected chi connectivity index (χ1v) is 11.7. The molecule has 1 aromatic rings. The highest BCUT2D eigenvalue weighted by molar-refractivity contribution is 5.92. The first kappa shape index (κ1) is 29.6. The Balaban J connectivity index is 0.00000481. The normalized spacial score (nSPS) is 17.8. The molecule has 2 aliphatic rings. The molecule has 3 rings (SSSR count). The summed E-state index contributed by atoms with van der Waals surface area (Å²) in [5, 5.41) is 17.9. The van der Waals surface area contributed by atoms with Gasteiger partial charge in [0.25, 0.3) is 0 Å². The third kappa shape index (κ3) is 10.1. The number of hydrogen-bond donors (Lipinski definition) is 4. The number of carbonyl (C=O) groups excluding carboxylic acids is 3. The van der Waals surface area contributed by atoms with Crippen molar-refractivity contribution >= 4 is 42.6 Å². The van der Waals surface area contributed by atoms with Gasteiger partial charge in [-0.3, -0.25) is 14.4 Å². The second-order valence-electron chi connectivity index (χ2n) is 8.61. The van der Waals surface area contributed by atoms with Gasteiger partial charge in [-0.2, -0.15) is 5.10 Å². The molecule has 14 heteroatoms. The first-order valence-electron chi connectivity index (χ1n) is 11.7. The van der Waals surface area contributed by atoms with E-state index in [0.717, 1.165) is 5.56 Å². The fraction of sp³-hybridized carbons (Fsp3) is 0.522. The molecule has 0 radical (unpaired) electrons. The summed E-state index contributed by atoms with van der Waals surface area (Å²) in [5.41, 5.74) is 0.750. The molecule has 204 valence electrons. The number of nitrogens with zero attached hydrogens (tertiary/aromatic N) is 3. The number of morpholine rings is 1. The second-order valence-corrected chi connectivity index (χ2v) is 8.61. The SMILES string of the molecule is Cl.NN=CN1CCO[C@@H](CNC(=O)CC(NC(=O)OCc2ccccc2)C(=O)N(CC(=O)O)C2CC2)C1. The molecule has 3 amide bonds. The van der Waals surface area contributed by atoms with Gasteiger partial charge in [-0.1, -0.05) is 30.3 Å². The monoisotopic (exact) mass is 540 g/mol. The molecule has 0 spiro atoms. The van der Waals surface area contributed by atoms with Crippen LogP contribution in [0.1, 0.15) is 24.8 Å². The van der Waals surface area contributed by atoms with Crippen LogP contribution in [0.15, 0.2) is 35.4 Å². The van der Waals surface area contributed by atoms with Crippen LogP contribution in [-0.2, 0) is 30.5 Å². The third-order valence-electron chi connectivity index (χ3n) is 5.70. The highest BCUT2D eigenvalue weighted by Gasteiger charge is 2.38. The molecule has 1 aromatic carbocycles. The van der Waals surface area contributed by atoms with Crippen LogP contribution in [0.5, 0.6) is 0 Å².